The van der Waals surface area contributed by atoms with Crippen LogP contribution in [0.3, 0.4) is 0 Å². The highest BCUT2D eigenvalue weighted by Gasteiger charge is 2.34. The van der Waals surface area contributed by atoms with Gasteiger partial charge in [-0.15, -0.1) is 0 Å². The fraction of sp³-hybridized carbons (Fsp3) is 0.615. The summed E-state index contributed by atoms with van der Waals surface area (Å²) in [6.07, 6.45) is 5.26. The quantitative estimate of drug-likeness (QED) is 0.908. The van der Waals surface area contributed by atoms with E-state index in [1.807, 2.05) is 4.57 Å². The molecule has 1 saturated heterocycles. The molecular formula is C13H19N5O2. The van der Waals surface area contributed by atoms with Crippen LogP contribution in [0.2, 0.25) is 0 Å². The van der Waals surface area contributed by atoms with E-state index in [1.54, 1.807) is 13.4 Å². The Morgan fingerprint density at radius 3 is 3.10 bits per heavy atom. The van der Waals surface area contributed by atoms with Crippen molar-refractivity contribution < 1.29 is 9.47 Å². The van der Waals surface area contributed by atoms with Crippen molar-refractivity contribution in [3.63, 3.8) is 0 Å². The molecule has 0 aliphatic carbocycles. The number of ether oxygens (including phenoxy) is 2. The molecule has 0 aromatic carbocycles. The molecule has 3 unspecified atom stereocenters. The van der Waals surface area contributed by atoms with Gasteiger partial charge in [-0.25, -0.2) is 15.0 Å². The highest BCUT2D eigenvalue weighted by Crippen LogP contribution is 2.36. The summed E-state index contributed by atoms with van der Waals surface area (Å²) in [5, 5.41) is 0. The number of nitrogens with zero attached hydrogens (tertiary/aromatic N) is 4. The zero-order valence-corrected chi connectivity index (χ0v) is 11.7. The van der Waals surface area contributed by atoms with Crippen molar-refractivity contribution in [1.29, 1.82) is 0 Å². The van der Waals surface area contributed by atoms with Gasteiger partial charge in [0.25, 0.3) is 0 Å². The van der Waals surface area contributed by atoms with Crippen molar-refractivity contribution in [3.8, 4) is 0 Å². The highest BCUT2D eigenvalue weighted by atomic mass is 16.5. The Morgan fingerprint density at radius 1 is 1.45 bits per heavy atom. The third-order valence-electron chi connectivity index (χ3n) is 3.76. The van der Waals surface area contributed by atoms with E-state index in [-0.39, 0.29) is 12.3 Å². The molecule has 7 nitrogen and oxygen atoms in total. The lowest BCUT2D eigenvalue weighted by atomic mass is 10.0. The number of anilines is 1. The molecule has 0 bridgehead atoms. The molecule has 1 aliphatic heterocycles. The van der Waals surface area contributed by atoms with Crippen molar-refractivity contribution >= 4 is 17.0 Å². The van der Waals surface area contributed by atoms with Gasteiger partial charge in [0.2, 0.25) is 0 Å². The zero-order valence-electron chi connectivity index (χ0n) is 11.7. The van der Waals surface area contributed by atoms with E-state index in [2.05, 4.69) is 21.9 Å². The third kappa shape index (κ3) is 2.23. The number of methoxy groups -OCH3 is 1. The first-order valence-electron chi connectivity index (χ1n) is 6.78. The summed E-state index contributed by atoms with van der Waals surface area (Å²) in [7, 11) is 1.71. The molecule has 1 aliphatic rings. The first-order valence-corrected chi connectivity index (χ1v) is 6.78. The van der Waals surface area contributed by atoms with E-state index in [4.69, 9.17) is 15.2 Å². The molecule has 3 rings (SSSR count). The average molecular weight is 277 g/mol. The summed E-state index contributed by atoms with van der Waals surface area (Å²) in [5.41, 5.74) is 7.16. The molecule has 0 spiro atoms. The molecule has 2 N–H and O–H groups in total. The maximum absolute atomic E-state index is 6.11. The van der Waals surface area contributed by atoms with Crippen LogP contribution in [-0.4, -0.2) is 39.3 Å². The van der Waals surface area contributed by atoms with Crippen LogP contribution in [0.4, 0.5) is 5.82 Å². The van der Waals surface area contributed by atoms with Crippen LogP contribution in [0.15, 0.2) is 12.7 Å². The molecule has 3 heterocycles. The monoisotopic (exact) mass is 277 g/mol. The fourth-order valence-electron chi connectivity index (χ4n) is 2.75. The maximum atomic E-state index is 6.11. The molecule has 2 aromatic rings. The lowest BCUT2D eigenvalue weighted by Gasteiger charge is -2.17. The van der Waals surface area contributed by atoms with E-state index in [9.17, 15) is 0 Å². The number of imidazole rings is 1. The van der Waals surface area contributed by atoms with Crippen LogP contribution in [0.1, 0.15) is 26.0 Å². The minimum Gasteiger partial charge on any atom is -0.385 e. The highest BCUT2D eigenvalue weighted by molar-refractivity contribution is 5.81. The normalized spacial score (nSPS) is 26.4. The largest absolute Gasteiger partial charge is 0.385 e. The number of rotatable bonds is 4. The van der Waals surface area contributed by atoms with Crippen LogP contribution in [-0.2, 0) is 9.47 Å². The van der Waals surface area contributed by atoms with Gasteiger partial charge in [0.05, 0.1) is 12.4 Å². The SMILES string of the molecule is COCCC1CC(C)C(n2cnc3c(N)ncnc32)O1. The smallest absolute Gasteiger partial charge is 0.167 e. The Hall–Kier alpha value is -1.73. The standard InChI is InChI=1S/C13H19N5O2/c1-8-5-9(3-4-19-2)20-13(8)18-7-17-10-11(14)15-6-16-12(10)18/h6-9,13H,3-5H2,1-2H3,(H2,14,15,16). The predicted octanol–water partition coefficient (Wildman–Crippen LogP) is 1.37. The Labute approximate surface area is 117 Å². The summed E-state index contributed by atoms with van der Waals surface area (Å²) in [6, 6.07) is 0. The van der Waals surface area contributed by atoms with Gasteiger partial charge in [0.1, 0.15) is 18.1 Å². The Kier molecular flexibility index (Phi) is 3.54. The molecule has 0 amide bonds. The van der Waals surface area contributed by atoms with Gasteiger partial charge in [-0.05, 0) is 12.8 Å². The van der Waals surface area contributed by atoms with Crippen LogP contribution in [0.25, 0.3) is 11.2 Å². The van der Waals surface area contributed by atoms with E-state index in [0.717, 1.165) is 18.5 Å². The number of fused-ring (bicyclic) bond motifs is 1. The molecule has 0 saturated carbocycles. The molecule has 3 atom stereocenters. The van der Waals surface area contributed by atoms with E-state index < -0.39 is 0 Å². The van der Waals surface area contributed by atoms with E-state index in [0.29, 0.717) is 23.9 Å². The van der Waals surface area contributed by atoms with Gasteiger partial charge in [0, 0.05) is 19.6 Å². The fourth-order valence-corrected chi connectivity index (χ4v) is 2.75. The minimum absolute atomic E-state index is 0.0591. The van der Waals surface area contributed by atoms with E-state index in [1.165, 1.54) is 6.33 Å². The lowest BCUT2D eigenvalue weighted by molar-refractivity contribution is -0.0190. The molecular weight excluding hydrogens is 258 g/mol. The molecule has 7 heteroatoms. The summed E-state index contributed by atoms with van der Waals surface area (Å²) in [6.45, 7) is 2.89. The number of hydrogen-bond acceptors (Lipinski definition) is 6. The van der Waals surface area contributed by atoms with Gasteiger partial charge in [-0.1, -0.05) is 6.92 Å². The second-order valence-corrected chi connectivity index (χ2v) is 5.23. The second kappa shape index (κ2) is 5.34. The van der Waals surface area contributed by atoms with Crippen LogP contribution >= 0.6 is 0 Å². The Morgan fingerprint density at radius 2 is 2.30 bits per heavy atom. The molecule has 20 heavy (non-hydrogen) atoms. The minimum atomic E-state index is -0.0591. The lowest BCUT2D eigenvalue weighted by Crippen LogP contribution is -2.14. The summed E-state index contributed by atoms with van der Waals surface area (Å²) >= 11 is 0. The average Bonchev–Trinajstić information content (AvgIpc) is 3.01. The number of nitrogens with two attached hydrogens (primary N) is 1. The van der Waals surface area contributed by atoms with Gasteiger partial charge in [-0.2, -0.15) is 0 Å². The predicted molar refractivity (Wildman–Crippen MR) is 73.9 cm³/mol. The van der Waals surface area contributed by atoms with Crippen molar-refractivity contribution in [3.05, 3.63) is 12.7 Å². The molecule has 0 radical (unpaired) electrons. The topological polar surface area (TPSA) is 88.1 Å². The Balaban J connectivity index is 1.86. The first-order chi connectivity index (χ1) is 9.70. The zero-order chi connectivity index (χ0) is 14.1. The van der Waals surface area contributed by atoms with Crippen molar-refractivity contribution in [2.45, 2.75) is 32.1 Å². The molecule has 1 fully saturated rings. The van der Waals surface area contributed by atoms with Gasteiger partial charge in [0.15, 0.2) is 11.5 Å². The van der Waals surface area contributed by atoms with Gasteiger partial charge < -0.3 is 15.2 Å². The Bertz CT molecular complexity index is 599. The summed E-state index contributed by atoms with van der Waals surface area (Å²) in [4.78, 5) is 12.5. The van der Waals surface area contributed by atoms with Crippen LogP contribution < -0.4 is 5.73 Å². The van der Waals surface area contributed by atoms with Crippen molar-refractivity contribution in [2.75, 3.05) is 19.5 Å². The molecule has 108 valence electrons. The van der Waals surface area contributed by atoms with Crippen LogP contribution in [0.5, 0.6) is 0 Å². The van der Waals surface area contributed by atoms with E-state index >= 15 is 0 Å². The second-order valence-electron chi connectivity index (χ2n) is 5.23. The number of nitrogen functional groups attached to an aromatic ring is 1. The van der Waals surface area contributed by atoms with Crippen molar-refractivity contribution in [2.24, 2.45) is 5.92 Å². The van der Waals surface area contributed by atoms with Crippen molar-refractivity contribution in [1.82, 2.24) is 19.5 Å². The van der Waals surface area contributed by atoms with Gasteiger partial charge in [-0.3, -0.25) is 4.57 Å². The number of hydrogen-bond donors (Lipinski definition) is 1. The third-order valence-corrected chi connectivity index (χ3v) is 3.76. The van der Waals surface area contributed by atoms with Gasteiger partial charge >= 0.3 is 0 Å². The molecule has 2 aromatic heterocycles. The summed E-state index contributed by atoms with van der Waals surface area (Å²) < 4.78 is 13.2. The maximum Gasteiger partial charge on any atom is 0.167 e. The number of aromatic nitrogens is 4. The van der Waals surface area contributed by atoms with Crippen LogP contribution in [0, 0.1) is 5.92 Å². The first kappa shape index (κ1) is 13.3. The summed E-state index contributed by atoms with van der Waals surface area (Å²) in [5.74, 6) is 0.792.